The third-order valence-corrected chi connectivity index (χ3v) is 5.95. The summed E-state index contributed by atoms with van der Waals surface area (Å²) in [6.07, 6.45) is 1.49. The number of carbonyl (C=O) groups excluding carboxylic acids is 1. The lowest BCUT2D eigenvalue weighted by molar-refractivity contribution is -0.126. The van der Waals surface area contributed by atoms with Crippen LogP contribution in [0, 0.1) is 5.92 Å². The van der Waals surface area contributed by atoms with Crippen molar-refractivity contribution in [2.24, 2.45) is 5.92 Å². The van der Waals surface area contributed by atoms with Gasteiger partial charge in [-0.25, -0.2) is 0 Å². The van der Waals surface area contributed by atoms with E-state index in [4.69, 9.17) is 4.74 Å². The molecule has 32 heavy (non-hydrogen) atoms. The number of aromatic nitrogens is 2. The van der Waals surface area contributed by atoms with Gasteiger partial charge in [0.15, 0.2) is 0 Å². The molecule has 4 rings (SSSR count). The molecule has 0 aliphatic carbocycles. The number of methoxy groups -OCH3 is 1. The van der Waals surface area contributed by atoms with Gasteiger partial charge in [-0.15, -0.1) is 5.10 Å². The van der Waals surface area contributed by atoms with Gasteiger partial charge in [-0.05, 0) is 55.7 Å². The molecule has 0 radical (unpaired) electrons. The molecule has 1 N–H and O–H groups in total. The lowest BCUT2D eigenvalue weighted by Crippen LogP contribution is -2.42. The number of hydrogen-bond acceptors (Lipinski definition) is 5. The first-order valence-corrected chi connectivity index (χ1v) is 10.9. The lowest BCUT2D eigenvalue weighted by Gasteiger charge is -2.32. The first-order chi connectivity index (χ1) is 15.5. The molecule has 166 valence electrons. The summed E-state index contributed by atoms with van der Waals surface area (Å²) in [4.78, 5) is 27.3. The maximum atomic E-state index is 12.8. The molecule has 1 amide bonds. The SMILES string of the molecule is COc1ccc(-n2nc(N3CCC(C(=O)NC(C)c4ccccc4)CC3)ccc2=O)cc1. The van der Waals surface area contributed by atoms with Gasteiger partial charge in [0.25, 0.3) is 5.56 Å². The second kappa shape index (κ2) is 9.68. The predicted molar refractivity (Wildman–Crippen MR) is 124 cm³/mol. The molecule has 7 nitrogen and oxygen atoms in total. The standard InChI is InChI=1S/C25H28N4O3/c1-18(19-6-4-3-5-7-19)26-25(31)20-14-16-28(17-15-20)23-12-13-24(30)29(27-23)21-8-10-22(32-2)11-9-21/h3-13,18,20H,14-17H2,1-2H3,(H,26,31). The molecule has 1 aliphatic rings. The first kappa shape index (κ1) is 21.6. The quantitative estimate of drug-likeness (QED) is 0.647. The van der Waals surface area contributed by atoms with Gasteiger partial charge in [-0.3, -0.25) is 9.59 Å². The number of nitrogens with one attached hydrogen (secondary N) is 1. The van der Waals surface area contributed by atoms with Crippen molar-refractivity contribution < 1.29 is 9.53 Å². The minimum Gasteiger partial charge on any atom is -0.497 e. The highest BCUT2D eigenvalue weighted by molar-refractivity contribution is 5.79. The average molecular weight is 433 g/mol. The summed E-state index contributed by atoms with van der Waals surface area (Å²) in [6.45, 7) is 3.44. The van der Waals surface area contributed by atoms with Gasteiger partial charge in [-0.1, -0.05) is 30.3 Å². The Bertz CT molecular complexity index is 1100. The van der Waals surface area contributed by atoms with Crippen LogP contribution in [0.25, 0.3) is 5.69 Å². The Hall–Kier alpha value is -3.61. The normalized spacial score (nSPS) is 15.2. The molecule has 1 aromatic heterocycles. The molecule has 1 fully saturated rings. The Morgan fingerprint density at radius 2 is 1.72 bits per heavy atom. The number of amides is 1. The van der Waals surface area contributed by atoms with Crippen LogP contribution in [0.4, 0.5) is 5.82 Å². The van der Waals surface area contributed by atoms with E-state index in [1.54, 1.807) is 25.3 Å². The summed E-state index contributed by atoms with van der Waals surface area (Å²) in [7, 11) is 1.60. The zero-order valence-corrected chi connectivity index (χ0v) is 18.4. The zero-order chi connectivity index (χ0) is 22.5. The largest absolute Gasteiger partial charge is 0.497 e. The Morgan fingerprint density at radius 3 is 2.38 bits per heavy atom. The van der Waals surface area contributed by atoms with E-state index in [-0.39, 0.29) is 23.4 Å². The fraction of sp³-hybridized carbons (Fsp3) is 0.320. The maximum absolute atomic E-state index is 12.8. The summed E-state index contributed by atoms with van der Waals surface area (Å²) in [5.41, 5.74) is 1.59. The summed E-state index contributed by atoms with van der Waals surface area (Å²) in [6, 6.07) is 20.5. The van der Waals surface area contributed by atoms with Crippen LogP contribution in [0.1, 0.15) is 31.4 Å². The minimum atomic E-state index is -0.192. The van der Waals surface area contributed by atoms with Crippen molar-refractivity contribution in [2.75, 3.05) is 25.1 Å². The summed E-state index contributed by atoms with van der Waals surface area (Å²) in [5, 5.41) is 7.71. The van der Waals surface area contributed by atoms with Gasteiger partial charge in [0.2, 0.25) is 5.91 Å². The van der Waals surface area contributed by atoms with Crippen LogP contribution in [0.2, 0.25) is 0 Å². The van der Waals surface area contributed by atoms with Gasteiger partial charge in [0.1, 0.15) is 11.6 Å². The number of hydrogen-bond donors (Lipinski definition) is 1. The van der Waals surface area contributed by atoms with Gasteiger partial charge in [-0.2, -0.15) is 4.68 Å². The highest BCUT2D eigenvalue weighted by atomic mass is 16.5. The van der Waals surface area contributed by atoms with Crippen LogP contribution < -0.4 is 20.5 Å². The van der Waals surface area contributed by atoms with Crippen LogP contribution in [0.5, 0.6) is 5.75 Å². The number of anilines is 1. The number of benzene rings is 2. The lowest BCUT2D eigenvalue weighted by atomic mass is 9.95. The monoisotopic (exact) mass is 432 g/mol. The van der Waals surface area contributed by atoms with Crippen molar-refractivity contribution in [1.82, 2.24) is 15.1 Å². The molecule has 1 atom stereocenters. The number of nitrogens with zero attached hydrogens (tertiary/aromatic N) is 3. The molecule has 1 saturated heterocycles. The average Bonchev–Trinajstić information content (AvgIpc) is 2.85. The van der Waals surface area contributed by atoms with E-state index in [1.807, 2.05) is 49.4 Å². The minimum absolute atomic E-state index is 0.0172. The molecule has 1 unspecified atom stereocenters. The third kappa shape index (κ3) is 4.82. The predicted octanol–water partition coefficient (Wildman–Crippen LogP) is 3.33. The van der Waals surface area contributed by atoms with Crippen LogP contribution in [-0.2, 0) is 4.79 Å². The van der Waals surface area contributed by atoms with Crippen LogP contribution in [0.15, 0.2) is 71.5 Å². The number of rotatable bonds is 6. The fourth-order valence-electron chi connectivity index (χ4n) is 4.01. The molecule has 3 aromatic rings. The highest BCUT2D eigenvalue weighted by Crippen LogP contribution is 2.23. The molecular weight excluding hydrogens is 404 g/mol. The summed E-state index contributed by atoms with van der Waals surface area (Å²) in [5.74, 6) is 1.53. The van der Waals surface area contributed by atoms with Gasteiger partial charge < -0.3 is 15.0 Å². The first-order valence-electron chi connectivity index (χ1n) is 10.9. The number of carbonyl (C=O) groups is 1. The van der Waals surface area contributed by atoms with E-state index in [1.165, 1.54) is 10.7 Å². The second-order valence-corrected chi connectivity index (χ2v) is 8.04. The van der Waals surface area contributed by atoms with Crippen molar-refractivity contribution in [3.05, 3.63) is 82.6 Å². The molecule has 7 heteroatoms. The van der Waals surface area contributed by atoms with Crippen LogP contribution in [-0.4, -0.2) is 35.9 Å². The Labute approximate surface area is 187 Å². The highest BCUT2D eigenvalue weighted by Gasteiger charge is 2.27. The topological polar surface area (TPSA) is 76.5 Å². The van der Waals surface area contributed by atoms with Crippen LogP contribution in [0.3, 0.4) is 0 Å². The van der Waals surface area contributed by atoms with Gasteiger partial charge in [0.05, 0.1) is 18.8 Å². The number of ether oxygens (including phenoxy) is 1. The zero-order valence-electron chi connectivity index (χ0n) is 18.4. The molecule has 0 bridgehead atoms. The molecule has 2 aromatic carbocycles. The molecule has 0 spiro atoms. The van der Waals surface area contributed by atoms with Crippen molar-refractivity contribution in [2.45, 2.75) is 25.8 Å². The molecule has 1 aliphatic heterocycles. The van der Waals surface area contributed by atoms with E-state index in [0.29, 0.717) is 18.8 Å². The Morgan fingerprint density at radius 1 is 1.03 bits per heavy atom. The molecule has 0 saturated carbocycles. The fourth-order valence-corrected chi connectivity index (χ4v) is 4.01. The van der Waals surface area contributed by atoms with Crippen molar-refractivity contribution in [1.29, 1.82) is 0 Å². The van der Waals surface area contributed by atoms with E-state index in [2.05, 4.69) is 15.3 Å². The summed E-state index contributed by atoms with van der Waals surface area (Å²) >= 11 is 0. The Balaban J connectivity index is 1.39. The van der Waals surface area contributed by atoms with Gasteiger partial charge >= 0.3 is 0 Å². The van der Waals surface area contributed by atoms with Crippen molar-refractivity contribution >= 4 is 11.7 Å². The third-order valence-electron chi connectivity index (χ3n) is 5.95. The van der Waals surface area contributed by atoms with E-state index in [0.717, 1.165) is 30.0 Å². The smallest absolute Gasteiger partial charge is 0.271 e. The maximum Gasteiger partial charge on any atom is 0.271 e. The van der Waals surface area contributed by atoms with E-state index in [9.17, 15) is 9.59 Å². The summed E-state index contributed by atoms with van der Waals surface area (Å²) < 4.78 is 6.58. The van der Waals surface area contributed by atoms with Crippen molar-refractivity contribution in [3.63, 3.8) is 0 Å². The molecule has 2 heterocycles. The van der Waals surface area contributed by atoms with Crippen molar-refractivity contribution in [3.8, 4) is 11.4 Å². The van der Waals surface area contributed by atoms with Crippen LogP contribution >= 0.6 is 0 Å². The van der Waals surface area contributed by atoms with E-state index < -0.39 is 0 Å². The second-order valence-electron chi connectivity index (χ2n) is 8.04. The van der Waals surface area contributed by atoms with E-state index >= 15 is 0 Å². The number of piperidine rings is 1. The van der Waals surface area contributed by atoms with Gasteiger partial charge in [0, 0.05) is 25.1 Å². The molecular formula is C25H28N4O3. The Kier molecular flexibility index (Phi) is 6.54.